The highest BCUT2D eigenvalue weighted by Gasteiger charge is 2.04. The van der Waals surface area contributed by atoms with Crippen molar-refractivity contribution in [2.24, 2.45) is 0 Å². The number of allylic oxidation sites excluding steroid dienone is 2. The van der Waals surface area contributed by atoms with Gasteiger partial charge in [-0.05, 0) is 25.2 Å². The van der Waals surface area contributed by atoms with Gasteiger partial charge in [0, 0.05) is 0 Å². The molecular weight excluding hydrogens is 204 g/mol. The topological polar surface area (TPSA) is 0 Å². The zero-order valence-corrected chi connectivity index (χ0v) is 11.8. The van der Waals surface area contributed by atoms with Crippen LogP contribution in [0.2, 0.25) is 0 Å². The highest BCUT2D eigenvalue weighted by Crippen LogP contribution is 2.21. The minimum absolute atomic E-state index is 1.07. The maximum Gasteiger partial charge on any atom is -0.0166 e. The average molecular weight is 235 g/mol. The van der Waals surface area contributed by atoms with Crippen LogP contribution >= 0.6 is 0 Å². The minimum Gasteiger partial charge on any atom is -0.103 e. The third-order valence-electron chi connectivity index (χ3n) is 3.25. The first-order valence-corrected chi connectivity index (χ1v) is 7.40. The zero-order valence-electron chi connectivity index (χ0n) is 11.8. The standard InChI is InChI=1S/C17H31/c1-4-7-8-9-10-11-12-13-16-17(14-5-2)15-6-3/h5-6H,2-4,7-16H2,1H3. The summed E-state index contributed by atoms with van der Waals surface area (Å²) in [6.07, 6.45) is 18.7. The Morgan fingerprint density at radius 2 is 1.24 bits per heavy atom. The summed E-state index contributed by atoms with van der Waals surface area (Å²) in [6.45, 7) is 9.90. The van der Waals surface area contributed by atoms with E-state index in [-0.39, 0.29) is 0 Å². The molecule has 0 rings (SSSR count). The Morgan fingerprint density at radius 3 is 1.71 bits per heavy atom. The first kappa shape index (κ1) is 16.5. The van der Waals surface area contributed by atoms with Crippen LogP contribution in [0.15, 0.2) is 25.3 Å². The van der Waals surface area contributed by atoms with Crippen molar-refractivity contribution in [2.75, 3.05) is 0 Å². The summed E-state index contributed by atoms with van der Waals surface area (Å²) in [7, 11) is 0. The Kier molecular flexibility index (Phi) is 13.1. The Morgan fingerprint density at radius 1 is 0.765 bits per heavy atom. The van der Waals surface area contributed by atoms with Gasteiger partial charge in [0.2, 0.25) is 0 Å². The Bertz CT molecular complexity index is 159. The molecular formula is C17H31. The number of hydrogen-bond acceptors (Lipinski definition) is 0. The maximum absolute atomic E-state index is 3.81. The average Bonchev–Trinajstić information content (AvgIpc) is 2.33. The molecule has 0 aliphatic heterocycles. The van der Waals surface area contributed by atoms with Gasteiger partial charge in [0.25, 0.3) is 0 Å². The van der Waals surface area contributed by atoms with Crippen molar-refractivity contribution in [1.29, 1.82) is 0 Å². The van der Waals surface area contributed by atoms with Gasteiger partial charge in [-0.25, -0.2) is 0 Å². The molecule has 0 aromatic carbocycles. The molecule has 0 aromatic rings. The van der Waals surface area contributed by atoms with Gasteiger partial charge < -0.3 is 0 Å². The van der Waals surface area contributed by atoms with Gasteiger partial charge in [0.15, 0.2) is 0 Å². The lowest BCUT2D eigenvalue weighted by molar-refractivity contribution is 0.562. The van der Waals surface area contributed by atoms with Crippen molar-refractivity contribution in [3.8, 4) is 0 Å². The van der Waals surface area contributed by atoms with Crippen LogP contribution in [0, 0.1) is 5.92 Å². The van der Waals surface area contributed by atoms with Gasteiger partial charge in [0.1, 0.15) is 0 Å². The van der Waals surface area contributed by atoms with Crippen LogP contribution in [0.3, 0.4) is 0 Å². The van der Waals surface area contributed by atoms with Crippen LogP contribution in [0.4, 0.5) is 0 Å². The van der Waals surface area contributed by atoms with Crippen LogP contribution in [-0.2, 0) is 0 Å². The van der Waals surface area contributed by atoms with Crippen LogP contribution < -0.4 is 0 Å². The van der Waals surface area contributed by atoms with E-state index in [0.29, 0.717) is 0 Å². The van der Waals surface area contributed by atoms with E-state index in [0.717, 1.165) is 12.8 Å². The molecule has 17 heavy (non-hydrogen) atoms. The van der Waals surface area contributed by atoms with E-state index in [4.69, 9.17) is 0 Å². The molecule has 0 bridgehead atoms. The fraction of sp³-hybridized carbons (Fsp3) is 0.706. The molecule has 0 N–H and O–H groups in total. The van der Waals surface area contributed by atoms with Gasteiger partial charge in [-0.2, -0.15) is 0 Å². The van der Waals surface area contributed by atoms with E-state index in [2.05, 4.69) is 20.1 Å². The lowest BCUT2D eigenvalue weighted by Crippen LogP contribution is -1.95. The van der Waals surface area contributed by atoms with Gasteiger partial charge in [-0.3, -0.25) is 0 Å². The number of rotatable bonds is 13. The van der Waals surface area contributed by atoms with Crippen LogP contribution in [0.1, 0.15) is 77.6 Å². The van der Waals surface area contributed by atoms with Gasteiger partial charge in [0.05, 0.1) is 0 Å². The fourth-order valence-electron chi connectivity index (χ4n) is 2.20. The smallest absolute Gasteiger partial charge is 0.0166 e. The van der Waals surface area contributed by atoms with Crippen molar-refractivity contribution in [3.63, 3.8) is 0 Å². The third kappa shape index (κ3) is 11.7. The Balaban J connectivity index is 3.29. The van der Waals surface area contributed by atoms with E-state index in [9.17, 15) is 0 Å². The van der Waals surface area contributed by atoms with Crippen LogP contribution in [-0.4, -0.2) is 0 Å². The van der Waals surface area contributed by atoms with E-state index >= 15 is 0 Å². The summed E-state index contributed by atoms with van der Waals surface area (Å²) in [5, 5.41) is 0. The summed E-state index contributed by atoms with van der Waals surface area (Å²) in [4.78, 5) is 0. The Labute approximate surface area is 109 Å². The third-order valence-corrected chi connectivity index (χ3v) is 3.25. The summed E-state index contributed by atoms with van der Waals surface area (Å²) in [5.41, 5.74) is 0. The van der Waals surface area contributed by atoms with Crippen molar-refractivity contribution in [1.82, 2.24) is 0 Å². The van der Waals surface area contributed by atoms with Gasteiger partial charge in [-0.15, -0.1) is 13.2 Å². The van der Waals surface area contributed by atoms with E-state index in [1.54, 1.807) is 5.92 Å². The molecule has 0 amide bonds. The summed E-state index contributed by atoms with van der Waals surface area (Å²) >= 11 is 0. The monoisotopic (exact) mass is 235 g/mol. The molecule has 0 nitrogen and oxygen atoms in total. The molecule has 0 aliphatic carbocycles. The zero-order chi connectivity index (χ0) is 12.8. The molecule has 0 saturated carbocycles. The molecule has 0 saturated heterocycles. The van der Waals surface area contributed by atoms with Crippen molar-refractivity contribution in [3.05, 3.63) is 31.2 Å². The SMILES string of the molecule is C=CC[C](CC=C)CCCCCCCCCC. The van der Waals surface area contributed by atoms with Crippen molar-refractivity contribution in [2.45, 2.75) is 77.6 Å². The van der Waals surface area contributed by atoms with Crippen molar-refractivity contribution < 1.29 is 0 Å². The normalized spacial score (nSPS) is 10.7. The summed E-state index contributed by atoms with van der Waals surface area (Å²) < 4.78 is 0. The lowest BCUT2D eigenvalue weighted by Gasteiger charge is -2.11. The van der Waals surface area contributed by atoms with Gasteiger partial charge in [-0.1, -0.05) is 70.4 Å². The predicted molar refractivity (Wildman–Crippen MR) is 80.1 cm³/mol. The van der Waals surface area contributed by atoms with Crippen molar-refractivity contribution >= 4 is 0 Å². The van der Waals surface area contributed by atoms with E-state index in [1.807, 2.05) is 12.2 Å². The predicted octanol–water partition coefficient (Wildman–Crippen LogP) is 6.24. The lowest BCUT2D eigenvalue weighted by atomic mass is 9.94. The number of unbranched alkanes of at least 4 members (excludes halogenated alkanes) is 7. The van der Waals surface area contributed by atoms with E-state index in [1.165, 1.54) is 57.8 Å². The quantitative estimate of drug-likeness (QED) is 0.262. The second-order valence-electron chi connectivity index (χ2n) is 4.96. The van der Waals surface area contributed by atoms with Gasteiger partial charge >= 0.3 is 0 Å². The summed E-state index contributed by atoms with van der Waals surface area (Å²) in [5.74, 6) is 1.60. The molecule has 0 aromatic heterocycles. The van der Waals surface area contributed by atoms with Crippen LogP contribution in [0.5, 0.6) is 0 Å². The molecule has 1 radical (unpaired) electrons. The molecule has 0 aliphatic rings. The first-order valence-electron chi connectivity index (χ1n) is 7.40. The second-order valence-corrected chi connectivity index (χ2v) is 4.96. The maximum atomic E-state index is 3.81. The largest absolute Gasteiger partial charge is 0.103 e. The van der Waals surface area contributed by atoms with Crippen LogP contribution in [0.25, 0.3) is 0 Å². The first-order chi connectivity index (χ1) is 8.35. The molecule has 0 fully saturated rings. The second kappa shape index (κ2) is 13.5. The number of hydrogen-bond donors (Lipinski definition) is 0. The Hall–Kier alpha value is -0.520. The van der Waals surface area contributed by atoms with E-state index < -0.39 is 0 Å². The molecule has 0 heterocycles. The molecule has 0 atom stereocenters. The fourth-order valence-corrected chi connectivity index (χ4v) is 2.20. The highest BCUT2D eigenvalue weighted by molar-refractivity contribution is 5.00. The summed E-state index contributed by atoms with van der Waals surface area (Å²) in [6, 6.07) is 0. The molecule has 99 valence electrons. The minimum atomic E-state index is 1.07. The highest BCUT2D eigenvalue weighted by atomic mass is 14.1. The molecule has 0 spiro atoms. The molecule has 0 unspecified atom stereocenters. The molecule has 0 heteroatoms.